The Balaban J connectivity index is 1.80. The van der Waals surface area contributed by atoms with Crippen LogP contribution in [0.25, 0.3) is 11.1 Å². The molecule has 0 bridgehead atoms. The predicted octanol–water partition coefficient (Wildman–Crippen LogP) is 2.43. The molecule has 2 heterocycles. The van der Waals surface area contributed by atoms with E-state index in [0.717, 1.165) is 24.3 Å². The van der Waals surface area contributed by atoms with Crippen LogP contribution in [0.5, 0.6) is 0 Å². The van der Waals surface area contributed by atoms with Gasteiger partial charge < -0.3 is 4.74 Å². The second-order valence-corrected chi connectivity index (χ2v) is 5.57. The maximum absolute atomic E-state index is 5.59. The summed E-state index contributed by atoms with van der Waals surface area (Å²) in [6, 6.07) is 6.44. The van der Waals surface area contributed by atoms with E-state index in [4.69, 9.17) is 9.73 Å². The van der Waals surface area contributed by atoms with Crippen LogP contribution in [-0.2, 0) is 17.6 Å². The summed E-state index contributed by atoms with van der Waals surface area (Å²) in [5.41, 5.74) is 4.94. The monoisotopic (exact) mass is 265 g/mol. The molecule has 100 valence electrons. The average molecular weight is 265 g/mol. The number of rotatable bonds is 1. The number of hydrogen-bond donors (Lipinski definition) is 0. The molecule has 1 aromatic heterocycles. The number of aromatic nitrogens is 2. The van der Waals surface area contributed by atoms with Crippen molar-refractivity contribution >= 4 is 5.90 Å². The van der Waals surface area contributed by atoms with Gasteiger partial charge in [-0.1, -0.05) is 18.2 Å². The summed E-state index contributed by atoms with van der Waals surface area (Å²) in [6.07, 6.45) is 7.19. The number of fused-ring (bicyclic) bond motifs is 1. The Hall–Kier alpha value is -2.23. The van der Waals surface area contributed by atoms with E-state index < -0.39 is 0 Å². The molecule has 1 aromatic carbocycles. The molecule has 0 amide bonds. The summed E-state index contributed by atoms with van der Waals surface area (Å²) in [5.74, 6) is 0.808. The van der Waals surface area contributed by atoms with Crippen LogP contribution in [0.4, 0.5) is 0 Å². The number of benzene rings is 1. The lowest BCUT2D eigenvalue weighted by atomic mass is 9.96. The average Bonchev–Trinajstić information content (AvgIpc) is 3.01. The molecule has 2 aromatic rings. The third-order valence-corrected chi connectivity index (χ3v) is 4.11. The van der Waals surface area contributed by atoms with Crippen molar-refractivity contribution in [3.8, 4) is 11.1 Å². The normalized spacial score (nSPS) is 23.6. The van der Waals surface area contributed by atoms with Crippen LogP contribution >= 0.6 is 0 Å². The fourth-order valence-corrected chi connectivity index (χ4v) is 3.28. The van der Waals surface area contributed by atoms with E-state index in [1.807, 2.05) is 19.3 Å². The van der Waals surface area contributed by atoms with Crippen molar-refractivity contribution in [2.45, 2.75) is 25.3 Å². The molecule has 0 radical (unpaired) electrons. The van der Waals surface area contributed by atoms with Gasteiger partial charge in [-0.05, 0) is 16.7 Å². The summed E-state index contributed by atoms with van der Waals surface area (Å²) < 4.78 is 5.59. The number of hydrogen-bond acceptors (Lipinski definition) is 4. The molecule has 0 fully saturated rings. The topological polar surface area (TPSA) is 47.4 Å². The molecule has 0 saturated carbocycles. The largest absolute Gasteiger partial charge is 0.479 e. The lowest BCUT2D eigenvalue weighted by molar-refractivity contribution is 0.259. The molecule has 1 atom stereocenters. The van der Waals surface area contributed by atoms with Gasteiger partial charge in [0.2, 0.25) is 0 Å². The zero-order chi connectivity index (χ0) is 13.6. The minimum Gasteiger partial charge on any atom is -0.479 e. The van der Waals surface area contributed by atoms with Crippen LogP contribution in [0, 0.1) is 0 Å². The third kappa shape index (κ3) is 1.72. The zero-order valence-electron chi connectivity index (χ0n) is 11.3. The summed E-state index contributed by atoms with van der Waals surface area (Å²) in [7, 11) is 0. The van der Waals surface area contributed by atoms with Gasteiger partial charge in [-0.15, -0.1) is 0 Å². The minimum atomic E-state index is -0.0852. The van der Waals surface area contributed by atoms with E-state index >= 15 is 0 Å². The Morgan fingerprint density at radius 1 is 1.15 bits per heavy atom. The molecule has 0 N–H and O–H groups in total. The Morgan fingerprint density at radius 2 is 2.00 bits per heavy atom. The van der Waals surface area contributed by atoms with Crippen LogP contribution in [0.15, 0.2) is 41.9 Å². The first kappa shape index (κ1) is 11.6. The number of nitrogens with zero attached hydrogens (tertiary/aromatic N) is 3. The first-order valence-corrected chi connectivity index (χ1v) is 6.81. The van der Waals surface area contributed by atoms with Crippen LogP contribution in [0.1, 0.15) is 18.1 Å². The van der Waals surface area contributed by atoms with Crippen LogP contribution in [0.2, 0.25) is 0 Å². The van der Waals surface area contributed by atoms with Gasteiger partial charge >= 0.3 is 0 Å². The van der Waals surface area contributed by atoms with Crippen molar-refractivity contribution in [1.82, 2.24) is 9.97 Å². The van der Waals surface area contributed by atoms with Crippen LogP contribution in [0.3, 0.4) is 0 Å². The van der Waals surface area contributed by atoms with E-state index in [1.165, 1.54) is 16.7 Å². The second-order valence-electron chi connectivity index (χ2n) is 5.57. The van der Waals surface area contributed by atoms with Crippen molar-refractivity contribution < 1.29 is 4.74 Å². The van der Waals surface area contributed by atoms with Crippen LogP contribution in [-0.4, -0.2) is 28.0 Å². The first-order chi connectivity index (χ1) is 9.76. The van der Waals surface area contributed by atoms with Crippen molar-refractivity contribution in [1.29, 1.82) is 0 Å². The van der Waals surface area contributed by atoms with Gasteiger partial charge in [-0.25, -0.2) is 15.0 Å². The maximum Gasteiger partial charge on any atom is 0.180 e. The first-order valence-electron chi connectivity index (χ1n) is 6.81. The molecule has 1 unspecified atom stereocenters. The number of aliphatic imine (C=N–C) groups is 1. The quantitative estimate of drug-likeness (QED) is 0.795. The molecule has 1 aliphatic carbocycles. The van der Waals surface area contributed by atoms with Gasteiger partial charge in [0, 0.05) is 37.7 Å². The highest BCUT2D eigenvalue weighted by Crippen LogP contribution is 2.40. The molecule has 4 rings (SSSR count). The number of ether oxygens (including phenoxy) is 1. The second kappa shape index (κ2) is 4.13. The highest BCUT2D eigenvalue weighted by molar-refractivity contribution is 5.76. The molecule has 20 heavy (non-hydrogen) atoms. The zero-order valence-corrected chi connectivity index (χ0v) is 11.3. The molecule has 1 aliphatic heterocycles. The van der Waals surface area contributed by atoms with Crippen molar-refractivity contribution in [2.75, 3.05) is 6.61 Å². The highest BCUT2D eigenvalue weighted by atomic mass is 16.5. The van der Waals surface area contributed by atoms with Gasteiger partial charge in [0.25, 0.3) is 0 Å². The summed E-state index contributed by atoms with van der Waals surface area (Å²) in [6.45, 7) is 2.63. The summed E-state index contributed by atoms with van der Waals surface area (Å²) in [4.78, 5) is 13.0. The Bertz CT molecular complexity index is 696. The molecule has 4 nitrogen and oxygen atoms in total. The fourth-order valence-electron chi connectivity index (χ4n) is 3.28. The summed E-state index contributed by atoms with van der Waals surface area (Å²) >= 11 is 0. The van der Waals surface area contributed by atoms with E-state index in [0.29, 0.717) is 6.61 Å². The van der Waals surface area contributed by atoms with E-state index in [2.05, 4.69) is 28.2 Å². The van der Waals surface area contributed by atoms with Crippen molar-refractivity contribution in [2.24, 2.45) is 4.99 Å². The Morgan fingerprint density at radius 3 is 2.75 bits per heavy atom. The minimum absolute atomic E-state index is 0.0852. The Labute approximate surface area is 117 Å². The highest BCUT2D eigenvalue weighted by Gasteiger charge is 2.42. The van der Waals surface area contributed by atoms with Gasteiger partial charge in [-0.2, -0.15) is 0 Å². The predicted molar refractivity (Wildman–Crippen MR) is 76.7 cm³/mol. The maximum atomic E-state index is 5.59. The summed E-state index contributed by atoms with van der Waals surface area (Å²) in [5, 5.41) is 0. The standard InChI is InChI=1S/C16H15N3O/c1-11-19-16(9-20-11)5-12-3-2-4-14(15(12)6-16)13-7-17-10-18-8-13/h2-4,7-8,10H,5-6,9H2,1H3. The molecule has 1 spiro atoms. The smallest absolute Gasteiger partial charge is 0.180 e. The lowest BCUT2D eigenvalue weighted by Crippen LogP contribution is -2.28. The lowest BCUT2D eigenvalue weighted by Gasteiger charge is -2.16. The van der Waals surface area contributed by atoms with Crippen molar-refractivity contribution in [3.05, 3.63) is 48.0 Å². The van der Waals surface area contributed by atoms with Gasteiger partial charge in [0.1, 0.15) is 18.5 Å². The molecule has 4 heteroatoms. The third-order valence-electron chi connectivity index (χ3n) is 4.11. The van der Waals surface area contributed by atoms with Crippen molar-refractivity contribution in [3.63, 3.8) is 0 Å². The molecular weight excluding hydrogens is 250 g/mol. The van der Waals surface area contributed by atoms with Crippen LogP contribution < -0.4 is 0 Å². The molecule has 0 saturated heterocycles. The van der Waals surface area contributed by atoms with E-state index in [9.17, 15) is 0 Å². The van der Waals surface area contributed by atoms with E-state index in [-0.39, 0.29) is 5.54 Å². The van der Waals surface area contributed by atoms with Gasteiger partial charge in [-0.3, -0.25) is 0 Å². The molecular formula is C16H15N3O. The molecule has 2 aliphatic rings. The fraction of sp³-hybridized carbons (Fsp3) is 0.312. The SMILES string of the molecule is CC1=NC2(CO1)Cc1cccc(-c3cncnc3)c1C2. The Kier molecular flexibility index (Phi) is 2.39. The van der Waals surface area contributed by atoms with E-state index in [1.54, 1.807) is 6.33 Å². The van der Waals surface area contributed by atoms with Gasteiger partial charge in [0.15, 0.2) is 5.90 Å². The van der Waals surface area contributed by atoms with Gasteiger partial charge in [0.05, 0.1) is 0 Å².